The highest BCUT2D eigenvalue weighted by molar-refractivity contribution is 5.62. The van der Waals surface area contributed by atoms with Crippen LogP contribution >= 0.6 is 0 Å². The number of anilines is 1. The molecule has 1 aromatic rings. The summed E-state index contributed by atoms with van der Waals surface area (Å²) in [4.78, 5) is 10.6. The van der Waals surface area contributed by atoms with Crippen LogP contribution in [0.2, 0.25) is 0 Å². The van der Waals surface area contributed by atoms with E-state index in [1.807, 2.05) is 13.0 Å². The lowest BCUT2D eigenvalue weighted by Gasteiger charge is -2.18. The molecule has 1 rings (SSSR count). The Balaban J connectivity index is 2.90. The summed E-state index contributed by atoms with van der Waals surface area (Å²) >= 11 is 0. The Bertz CT molecular complexity index is 401. The molecule has 100 valence electrons. The summed E-state index contributed by atoms with van der Waals surface area (Å²) < 4.78 is 5.12. The number of nitrogens with zero attached hydrogens (tertiary/aromatic N) is 1. The van der Waals surface area contributed by atoms with Crippen molar-refractivity contribution >= 4 is 11.4 Å². The van der Waals surface area contributed by atoms with Gasteiger partial charge in [-0.05, 0) is 25.0 Å². The topological polar surface area (TPSA) is 64.4 Å². The lowest BCUT2D eigenvalue weighted by Crippen LogP contribution is -2.25. The van der Waals surface area contributed by atoms with E-state index in [4.69, 9.17) is 4.74 Å². The number of nitro benzene ring substituents is 1. The Labute approximate surface area is 107 Å². The molecule has 0 aliphatic rings. The fraction of sp³-hybridized carbons (Fsp3) is 0.538. The van der Waals surface area contributed by atoms with E-state index < -0.39 is 0 Å². The maximum atomic E-state index is 11.0. The molecule has 0 aromatic heterocycles. The monoisotopic (exact) mass is 252 g/mol. The summed E-state index contributed by atoms with van der Waals surface area (Å²) in [5.41, 5.74) is 1.55. The van der Waals surface area contributed by atoms with Crippen LogP contribution in [0.4, 0.5) is 11.4 Å². The molecule has 0 aliphatic heterocycles. The molecule has 0 heterocycles. The summed E-state index contributed by atoms with van der Waals surface area (Å²) in [5, 5.41) is 14.2. The maximum absolute atomic E-state index is 11.0. The molecule has 18 heavy (non-hydrogen) atoms. The third-order valence-electron chi connectivity index (χ3n) is 2.71. The summed E-state index contributed by atoms with van der Waals surface area (Å²) in [6.07, 6.45) is 1.92. The molecule has 0 bridgehead atoms. The predicted molar refractivity (Wildman–Crippen MR) is 72.0 cm³/mol. The van der Waals surface area contributed by atoms with Crippen LogP contribution in [0.15, 0.2) is 18.2 Å². The number of methoxy groups -OCH3 is 1. The Kier molecular flexibility index (Phi) is 5.58. The van der Waals surface area contributed by atoms with Gasteiger partial charge in [-0.25, -0.2) is 0 Å². The Morgan fingerprint density at radius 2 is 2.22 bits per heavy atom. The van der Waals surface area contributed by atoms with Crippen LogP contribution in [0, 0.1) is 17.0 Å². The Morgan fingerprint density at radius 3 is 2.78 bits per heavy atom. The van der Waals surface area contributed by atoms with Gasteiger partial charge in [0, 0.05) is 19.2 Å². The number of hydrogen-bond acceptors (Lipinski definition) is 4. The molecule has 0 amide bonds. The average molecular weight is 252 g/mol. The molecule has 1 aromatic carbocycles. The number of nitrogens with one attached hydrogen (secondary N) is 1. The fourth-order valence-corrected chi connectivity index (χ4v) is 1.88. The second-order valence-corrected chi connectivity index (χ2v) is 4.36. The van der Waals surface area contributed by atoms with Gasteiger partial charge in [-0.2, -0.15) is 0 Å². The minimum absolute atomic E-state index is 0.0985. The highest BCUT2D eigenvalue weighted by atomic mass is 16.6. The van der Waals surface area contributed by atoms with E-state index in [0.29, 0.717) is 12.3 Å². The lowest BCUT2D eigenvalue weighted by molar-refractivity contribution is -0.384. The van der Waals surface area contributed by atoms with Crippen LogP contribution < -0.4 is 5.32 Å². The number of ether oxygens (including phenoxy) is 1. The maximum Gasteiger partial charge on any atom is 0.292 e. The zero-order valence-corrected chi connectivity index (χ0v) is 11.1. The first kappa shape index (κ1) is 14.4. The van der Waals surface area contributed by atoms with Crippen molar-refractivity contribution in [1.82, 2.24) is 0 Å². The molecule has 0 aliphatic carbocycles. The van der Waals surface area contributed by atoms with Gasteiger partial charge in [0.15, 0.2) is 0 Å². The molecule has 0 spiro atoms. The van der Waals surface area contributed by atoms with E-state index in [1.165, 1.54) is 0 Å². The number of benzene rings is 1. The molecule has 0 saturated carbocycles. The summed E-state index contributed by atoms with van der Waals surface area (Å²) in [6.45, 7) is 4.46. The van der Waals surface area contributed by atoms with E-state index in [-0.39, 0.29) is 16.7 Å². The van der Waals surface area contributed by atoms with Crippen molar-refractivity contribution in [2.24, 2.45) is 0 Å². The second-order valence-electron chi connectivity index (χ2n) is 4.36. The van der Waals surface area contributed by atoms with Gasteiger partial charge in [-0.1, -0.05) is 19.4 Å². The number of nitro groups is 1. The third-order valence-corrected chi connectivity index (χ3v) is 2.71. The molecule has 5 nitrogen and oxygen atoms in total. The van der Waals surface area contributed by atoms with E-state index in [9.17, 15) is 10.1 Å². The van der Waals surface area contributed by atoms with E-state index in [2.05, 4.69) is 12.2 Å². The molecule has 0 saturated heterocycles. The second kappa shape index (κ2) is 6.96. The van der Waals surface area contributed by atoms with Gasteiger partial charge in [-0.3, -0.25) is 10.1 Å². The standard InChI is InChI=1S/C13H20N2O3/c1-4-5-11(9-18-3)14-12-7-6-10(2)8-13(12)15(16)17/h6-8,11,14H,4-5,9H2,1-3H3. The zero-order valence-electron chi connectivity index (χ0n) is 11.1. The van der Waals surface area contributed by atoms with Gasteiger partial charge in [0.1, 0.15) is 5.69 Å². The largest absolute Gasteiger partial charge is 0.383 e. The van der Waals surface area contributed by atoms with Crippen molar-refractivity contribution in [1.29, 1.82) is 0 Å². The van der Waals surface area contributed by atoms with Crippen LogP contribution in [0.25, 0.3) is 0 Å². The van der Waals surface area contributed by atoms with E-state index in [0.717, 1.165) is 18.4 Å². The summed E-state index contributed by atoms with van der Waals surface area (Å²) in [6, 6.07) is 5.30. The number of aryl methyl sites for hydroxylation is 1. The van der Waals surface area contributed by atoms with Gasteiger partial charge in [0.2, 0.25) is 0 Å². The van der Waals surface area contributed by atoms with Gasteiger partial charge >= 0.3 is 0 Å². The summed E-state index contributed by atoms with van der Waals surface area (Å²) in [7, 11) is 1.63. The minimum Gasteiger partial charge on any atom is -0.383 e. The van der Waals surface area contributed by atoms with Gasteiger partial charge in [0.05, 0.1) is 11.5 Å². The lowest BCUT2D eigenvalue weighted by atomic mass is 10.1. The minimum atomic E-state index is -0.356. The highest BCUT2D eigenvalue weighted by Gasteiger charge is 2.16. The van der Waals surface area contributed by atoms with Crippen LogP contribution in [0.3, 0.4) is 0 Å². The average Bonchev–Trinajstić information content (AvgIpc) is 2.32. The normalized spacial score (nSPS) is 12.2. The van der Waals surface area contributed by atoms with Crippen molar-refractivity contribution < 1.29 is 9.66 Å². The van der Waals surface area contributed by atoms with Crippen LogP contribution in [0.1, 0.15) is 25.3 Å². The number of hydrogen-bond donors (Lipinski definition) is 1. The van der Waals surface area contributed by atoms with Gasteiger partial charge in [0.25, 0.3) is 5.69 Å². The van der Waals surface area contributed by atoms with E-state index in [1.54, 1.807) is 19.2 Å². The van der Waals surface area contributed by atoms with Crippen molar-refractivity contribution in [2.45, 2.75) is 32.7 Å². The SMILES string of the molecule is CCCC(COC)Nc1ccc(C)cc1[N+](=O)[O-]. The molecule has 1 unspecified atom stereocenters. The van der Waals surface area contributed by atoms with E-state index >= 15 is 0 Å². The molecule has 0 fully saturated rings. The van der Waals surface area contributed by atoms with Crippen LogP contribution in [-0.4, -0.2) is 24.7 Å². The Morgan fingerprint density at radius 1 is 1.50 bits per heavy atom. The van der Waals surface area contributed by atoms with Crippen molar-refractivity contribution in [3.05, 3.63) is 33.9 Å². The first-order valence-corrected chi connectivity index (χ1v) is 6.09. The molecule has 1 atom stereocenters. The quantitative estimate of drug-likeness (QED) is 0.598. The first-order valence-electron chi connectivity index (χ1n) is 6.09. The van der Waals surface area contributed by atoms with Gasteiger partial charge < -0.3 is 10.1 Å². The van der Waals surface area contributed by atoms with Crippen LogP contribution in [-0.2, 0) is 4.74 Å². The zero-order chi connectivity index (χ0) is 13.5. The third kappa shape index (κ3) is 4.00. The first-order chi connectivity index (χ1) is 8.58. The molecule has 1 N–H and O–H groups in total. The van der Waals surface area contributed by atoms with Crippen molar-refractivity contribution in [3.8, 4) is 0 Å². The fourth-order valence-electron chi connectivity index (χ4n) is 1.88. The predicted octanol–water partition coefficient (Wildman–Crippen LogP) is 3.13. The van der Waals surface area contributed by atoms with Crippen molar-refractivity contribution in [2.75, 3.05) is 19.0 Å². The van der Waals surface area contributed by atoms with Gasteiger partial charge in [-0.15, -0.1) is 0 Å². The molecule has 5 heteroatoms. The molecular formula is C13H20N2O3. The molecule has 0 radical (unpaired) electrons. The van der Waals surface area contributed by atoms with Crippen molar-refractivity contribution in [3.63, 3.8) is 0 Å². The van der Waals surface area contributed by atoms with Crippen LogP contribution in [0.5, 0.6) is 0 Å². The highest BCUT2D eigenvalue weighted by Crippen LogP contribution is 2.26. The smallest absolute Gasteiger partial charge is 0.292 e. The number of rotatable bonds is 7. The molecular weight excluding hydrogens is 232 g/mol. The Hall–Kier alpha value is -1.62. The summed E-state index contributed by atoms with van der Waals surface area (Å²) in [5.74, 6) is 0.